The number of nitrogens with zero attached hydrogens (tertiary/aromatic N) is 1. The van der Waals surface area contributed by atoms with E-state index in [0.29, 0.717) is 18.3 Å². The van der Waals surface area contributed by atoms with Crippen LogP contribution in [0.3, 0.4) is 0 Å². The molecule has 0 rings (SSSR count). The number of rotatable bonds is 5. The fraction of sp³-hybridized carbons (Fsp3) is 0.636. The standard InChI is InChI=1S/C11H21N3/c1-5-8(3)9(4)10(7-12)11(13)14-6-2/h7-8,12H,5-6H2,1-4H3,(H2,13,14)/b10-9+,12-7?. The zero-order valence-electron chi connectivity index (χ0n) is 9.59. The molecule has 1 unspecified atom stereocenters. The predicted molar refractivity (Wildman–Crippen MR) is 63.1 cm³/mol. The van der Waals surface area contributed by atoms with E-state index in [0.717, 1.165) is 17.6 Å². The molecule has 3 N–H and O–H groups in total. The first-order valence-corrected chi connectivity index (χ1v) is 5.09. The molecule has 0 aromatic heterocycles. The van der Waals surface area contributed by atoms with Gasteiger partial charge in [-0.3, -0.25) is 4.99 Å². The number of aliphatic imine (C=N–C) groups is 1. The predicted octanol–water partition coefficient (Wildman–Crippen LogP) is 2.38. The highest BCUT2D eigenvalue weighted by molar-refractivity contribution is 6.14. The Morgan fingerprint density at radius 1 is 1.50 bits per heavy atom. The van der Waals surface area contributed by atoms with Crippen molar-refractivity contribution in [2.24, 2.45) is 16.6 Å². The van der Waals surface area contributed by atoms with Crippen LogP contribution in [0, 0.1) is 11.3 Å². The second kappa shape index (κ2) is 6.35. The summed E-state index contributed by atoms with van der Waals surface area (Å²) in [6, 6.07) is 0. The van der Waals surface area contributed by atoms with E-state index in [1.54, 1.807) is 0 Å². The van der Waals surface area contributed by atoms with Crippen molar-refractivity contribution in [2.45, 2.75) is 34.1 Å². The van der Waals surface area contributed by atoms with Crippen LogP contribution in [0.4, 0.5) is 0 Å². The highest BCUT2D eigenvalue weighted by Crippen LogP contribution is 2.16. The number of nitrogens with two attached hydrogens (primary N) is 1. The summed E-state index contributed by atoms with van der Waals surface area (Å²) in [4.78, 5) is 4.12. The minimum absolute atomic E-state index is 0.456. The van der Waals surface area contributed by atoms with Crippen molar-refractivity contribution in [3.05, 3.63) is 11.1 Å². The van der Waals surface area contributed by atoms with E-state index in [1.807, 2.05) is 13.8 Å². The highest BCUT2D eigenvalue weighted by atomic mass is 14.8. The van der Waals surface area contributed by atoms with Crippen LogP contribution >= 0.6 is 0 Å². The lowest BCUT2D eigenvalue weighted by Gasteiger charge is -2.13. The summed E-state index contributed by atoms with van der Waals surface area (Å²) in [5.74, 6) is 0.942. The third-order valence-electron chi connectivity index (χ3n) is 2.53. The average Bonchev–Trinajstić information content (AvgIpc) is 2.18. The summed E-state index contributed by atoms with van der Waals surface area (Å²) >= 11 is 0. The lowest BCUT2D eigenvalue weighted by atomic mass is 9.95. The Balaban J connectivity index is 5.02. The molecule has 0 aromatic rings. The van der Waals surface area contributed by atoms with Gasteiger partial charge in [0.2, 0.25) is 0 Å². The molecule has 0 amide bonds. The summed E-state index contributed by atoms with van der Waals surface area (Å²) in [7, 11) is 0. The first-order valence-electron chi connectivity index (χ1n) is 5.09. The lowest BCUT2D eigenvalue weighted by Crippen LogP contribution is -2.19. The van der Waals surface area contributed by atoms with Gasteiger partial charge >= 0.3 is 0 Å². The van der Waals surface area contributed by atoms with Crippen LogP contribution in [0.25, 0.3) is 0 Å². The normalized spacial score (nSPS) is 16.1. The molecule has 0 saturated heterocycles. The van der Waals surface area contributed by atoms with Gasteiger partial charge in [-0.15, -0.1) is 0 Å². The average molecular weight is 195 g/mol. The zero-order chi connectivity index (χ0) is 11.1. The van der Waals surface area contributed by atoms with Gasteiger partial charge in [-0.05, 0) is 26.2 Å². The number of amidine groups is 1. The largest absolute Gasteiger partial charge is 0.383 e. The first kappa shape index (κ1) is 12.9. The molecule has 1 atom stereocenters. The summed E-state index contributed by atoms with van der Waals surface area (Å²) < 4.78 is 0. The maximum Gasteiger partial charge on any atom is 0.127 e. The quantitative estimate of drug-likeness (QED) is 0.513. The van der Waals surface area contributed by atoms with Crippen molar-refractivity contribution in [3.8, 4) is 0 Å². The van der Waals surface area contributed by atoms with E-state index in [2.05, 4.69) is 18.8 Å². The van der Waals surface area contributed by atoms with Gasteiger partial charge in [-0.25, -0.2) is 0 Å². The van der Waals surface area contributed by atoms with Crippen LogP contribution in [-0.4, -0.2) is 18.6 Å². The molecule has 3 heteroatoms. The Morgan fingerprint density at radius 3 is 2.43 bits per heavy atom. The van der Waals surface area contributed by atoms with Crippen LogP contribution < -0.4 is 5.73 Å². The minimum Gasteiger partial charge on any atom is -0.383 e. The van der Waals surface area contributed by atoms with Crippen molar-refractivity contribution in [1.29, 1.82) is 5.41 Å². The molecule has 0 aliphatic carbocycles. The van der Waals surface area contributed by atoms with Gasteiger partial charge in [0.05, 0.1) is 0 Å². The van der Waals surface area contributed by atoms with Crippen LogP contribution in [0.5, 0.6) is 0 Å². The van der Waals surface area contributed by atoms with Crippen molar-refractivity contribution >= 4 is 12.1 Å². The van der Waals surface area contributed by atoms with Gasteiger partial charge in [-0.2, -0.15) is 0 Å². The molecule has 0 aliphatic rings. The lowest BCUT2D eigenvalue weighted by molar-refractivity contribution is 0.654. The summed E-state index contributed by atoms with van der Waals surface area (Å²) in [6.45, 7) is 8.89. The van der Waals surface area contributed by atoms with Crippen LogP contribution in [0.1, 0.15) is 34.1 Å². The van der Waals surface area contributed by atoms with Gasteiger partial charge in [0, 0.05) is 18.3 Å². The van der Waals surface area contributed by atoms with Gasteiger partial charge < -0.3 is 11.1 Å². The zero-order valence-corrected chi connectivity index (χ0v) is 9.59. The molecule has 14 heavy (non-hydrogen) atoms. The van der Waals surface area contributed by atoms with Crippen LogP contribution in [0.15, 0.2) is 16.1 Å². The van der Waals surface area contributed by atoms with Crippen molar-refractivity contribution in [1.82, 2.24) is 0 Å². The van der Waals surface area contributed by atoms with Crippen molar-refractivity contribution in [2.75, 3.05) is 6.54 Å². The Morgan fingerprint density at radius 2 is 2.07 bits per heavy atom. The molecule has 0 fully saturated rings. The highest BCUT2D eigenvalue weighted by Gasteiger charge is 2.09. The van der Waals surface area contributed by atoms with Gasteiger partial charge in [0.1, 0.15) is 5.84 Å². The van der Waals surface area contributed by atoms with E-state index in [9.17, 15) is 0 Å². The molecule has 3 nitrogen and oxygen atoms in total. The molecule has 0 aromatic carbocycles. The molecular formula is C11H21N3. The SMILES string of the molecule is CCN=C(N)/C(C=N)=C(\C)C(C)CC. The van der Waals surface area contributed by atoms with Crippen molar-refractivity contribution in [3.63, 3.8) is 0 Å². The Hall–Kier alpha value is -1.12. The number of hydrogen-bond donors (Lipinski definition) is 2. The summed E-state index contributed by atoms with van der Waals surface area (Å²) in [5.41, 5.74) is 7.70. The third-order valence-corrected chi connectivity index (χ3v) is 2.53. The number of hydrogen-bond acceptors (Lipinski definition) is 2. The minimum atomic E-state index is 0.456. The van der Waals surface area contributed by atoms with Crippen LogP contribution in [-0.2, 0) is 0 Å². The summed E-state index contributed by atoms with van der Waals surface area (Å²) in [5, 5.41) is 7.32. The topological polar surface area (TPSA) is 62.2 Å². The first-order chi connectivity index (χ1) is 6.58. The monoisotopic (exact) mass is 195 g/mol. The fourth-order valence-corrected chi connectivity index (χ4v) is 1.22. The van der Waals surface area contributed by atoms with Gasteiger partial charge in [0.15, 0.2) is 0 Å². The molecule has 0 saturated carbocycles. The Kier molecular flexibility index (Phi) is 5.84. The Bertz CT molecular complexity index is 251. The second-order valence-electron chi connectivity index (χ2n) is 3.41. The smallest absolute Gasteiger partial charge is 0.127 e. The molecular weight excluding hydrogens is 174 g/mol. The maximum absolute atomic E-state index is 7.32. The second-order valence-corrected chi connectivity index (χ2v) is 3.41. The van der Waals surface area contributed by atoms with E-state index >= 15 is 0 Å². The van der Waals surface area contributed by atoms with Crippen molar-refractivity contribution < 1.29 is 0 Å². The molecule has 0 heterocycles. The third kappa shape index (κ3) is 3.32. The van der Waals surface area contributed by atoms with E-state index in [1.165, 1.54) is 6.21 Å². The Labute approximate surface area is 86.6 Å². The molecule has 80 valence electrons. The van der Waals surface area contributed by atoms with E-state index < -0.39 is 0 Å². The van der Waals surface area contributed by atoms with E-state index in [4.69, 9.17) is 11.1 Å². The van der Waals surface area contributed by atoms with Gasteiger partial charge in [-0.1, -0.05) is 19.4 Å². The molecule has 0 spiro atoms. The number of nitrogens with one attached hydrogen (secondary N) is 1. The van der Waals surface area contributed by atoms with Crippen LogP contribution in [0.2, 0.25) is 0 Å². The van der Waals surface area contributed by atoms with E-state index in [-0.39, 0.29) is 0 Å². The number of allylic oxidation sites excluding steroid dienone is 1. The van der Waals surface area contributed by atoms with Gasteiger partial charge in [0.25, 0.3) is 0 Å². The fourth-order valence-electron chi connectivity index (χ4n) is 1.22. The molecule has 0 bridgehead atoms. The summed E-state index contributed by atoms with van der Waals surface area (Å²) in [6.07, 6.45) is 2.36. The molecule has 0 aliphatic heterocycles. The molecule has 0 radical (unpaired) electrons. The maximum atomic E-state index is 7.32.